The van der Waals surface area contributed by atoms with E-state index in [0.29, 0.717) is 6.04 Å². The standard InChI is InChI=1S/C11H22N2O/c14-11(4-5-11)6-8-12-9-10-3-1-2-7-13-10/h10,12-14H,1-9H2. The summed E-state index contributed by atoms with van der Waals surface area (Å²) in [5, 5.41) is 16.5. The van der Waals surface area contributed by atoms with Crippen molar-refractivity contribution in [3.8, 4) is 0 Å². The zero-order chi connectivity index (χ0) is 9.86. The maximum Gasteiger partial charge on any atom is 0.0662 e. The Kier molecular flexibility index (Phi) is 3.42. The summed E-state index contributed by atoms with van der Waals surface area (Å²) in [7, 11) is 0. The van der Waals surface area contributed by atoms with E-state index in [9.17, 15) is 5.11 Å². The molecule has 2 fully saturated rings. The van der Waals surface area contributed by atoms with Crippen LogP contribution in [0.15, 0.2) is 0 Å². The highest BCUT2D eigenvalue weighted by molar-refractivity contribution is 4.93. The average Bonchev–Trinajstić information content (AvgIpc) is 2.94. The molecule has 0 aromatic rings. The van der Waals surface area contributed by atoms with E-state index < -0.39 is 0 Å². The molecule has 14 heavy (non-hydrogen) atoms. The predicted molar refractivity (Wildman–Crippen MR) is 57.3 cm³/mol. The van der Waals surface area contributed by atoms with Gasteiger partial charge in [-0.3, -0.25) is 0 Å². The Morgan fingerprint density at radius 3 is 2.86 bits per heavy atom. The van der Waals surface area contributed by atoms with Crippen LogP contribution in [0.25, 0.3) is 0 Å². The summed E-state index contributed by atoms with van der Waals surface area (Å²) in [5.41, 5.74) is -0.285. The van der Waals surface area contributed by atoms with Gasteiger partial charge in [0.05, 0.1) is 5.60 Å². The lowest BCUT2D eigenvalue weighted by Gasteiger charge is -2.23. The lowest BCUT2D eigenvalue weighted by atomic mass is 10.1. The van der Waals surface area contributed by atoms with E-state index in [-0.39, 0.29) is 5.60 Å². The molecule has 1 unspecified atom stereocenters. The molecule has 0 spiro atoms. The highest BCUT2D eigenvalue weighted by Crippen LogP contribution is 2.37. The fourth-order valence-corrected chi connectivity index (χ4v) is 2.09. The van der Waals surface area contributed by atoms with Crippen molar-refractivity contribution < 1.29 is 5.11 Å². The molecule has 3 heteroatoms. The minimum absolute atomic E-state index is 0.285. The fourth-order valence-electron chi connectivity index (χ4n) is 2.09. The van der Waals surface area contributed by atoms with Gasteiger partial charge in [0.2, 0.25) is 0 Å². The number of hydrogen-bond acceptors (Lipinski definition) is 3. The van der Waals surface area contributed by atoms with Crippen LogP contribution < -0.4 is 10.6 Å². The Morgan fingerprint density at radius 1 is 1.36 bits per heavy atom. The Balaban J connectivity index is 1.49. The van der Waals surface area contributed by atoms with E-state index in [0.717, 1.165) is 32.4 Å². The molecule has 2 aliphatic rings. The summed E-state index contributed by atoms with van der Waals surface area (Å²) in [4.78, 5) is 0. The van der Waals surface area contributed by atoms with Crippen LogP contribution in [0.4, 0.5) is 0 Å². The van der Waals surface area contributed by atoms with E-state index in [1.165, 1.54) is 25.8 Å². The molecule has 0 radical (unpaired) electrons. The van der Waals surface area contributed by atoms with Crippen LogP contribution in [0, 0.1) is 0 Å². The minimum Gasteiger partial charge on any atom is -0.390 e. The second-order valence-corrected chi connectivity index (χ2v) is 4.83. The first-order chi connectivity index (χ1) is 6.79. The number of rotatable bonds is 5. The van der Waals surface area contributed by atoms with Gasteiger partial charge in [0.15, 0.2) is 0 Å². The third kappa shape index (κ3) is 3.23. The van der Waals surface area contributed by atoms with Crippen LogP contribution in [0.5, 0.6) is 0 Å². The molecule has 1 saturated heterocycles. The molecule has 0 aromatic heterocycles. The predicted octanol–water partition coefficient (Wildman–Crippen LogP) is 0.633. The zero-order valence-corrected chi connectivity index (χ0v) is 8.89. The molecule has 1 saturated carbocycles. The Bertz CT molecular complexity index is 174. The molecule has 0 amide bonds. The molecule has 0 aromatic carbocycles. The molecular weight excluding hydrogens is 176 g/mol. The first-order valence-corrected chi connectivity index (χ1v) is 5.95. The van der Waals surface area contributed by atoms with Crippen LogP contribution in [-0.2, 0) is 0 Å². The molecule has 3 nitrogen and oxygen atoms in total. The summed E-state index contributed by atoms with van der Waals surface area (Å²) in [6.45, 7) is 3.21. The number of piperidine rings is 1. The first-order valence-electron chi connectivity index (χ1n) is 5.95. The maximum absolute atomic E-state index is 9.61. The van der Waals surface area contributed by atoms with Crippen LogP contribution in [0.2, 0.25) is 0 Å². The van der Waals surface area contributed by atoms with E-state index in [1.54, 1.807) is 0 Å². The highest BCUT2D eigenvalue weighted by atomic mass is 16.3. The van der Waals surface area contributed by atoms with Gasteiger partial charge in [0.25, 0.3) is 0 Å². The second kappa shape index (κ2) is 4.60. The van der Waals surface area contributed by atoms with Crippen molar-refractivity contribution in [3.05, 3.63) is 0 Å². The summed E-state index contributed by atoms with van der Waals surface area (Å²) in [6.07, 6.45) is 6.95. The van der Waals surface area contributed by atoms with E-state index >= 15 is 0 Å². The Labute approximate surface area is 86.3 Å². The van der Waals surface area contributed by atoms with Gasteiger partial charge in [0, 0.05) is 12.6 Å². The van der Waals surface area contributed by atoms with Gasteiger partial charge < -0.3 is 15.7 Å². The highest BCUT2D eigenvalue weighted by Gasteiger charge is 2.39. The monoisotopic (exact) mass is 198 g/mol. The number of aliphatic hydroxyl groups is 1. The van der Waals surface area contributed by atoms with Gasteiger partial charge >= 0.3 is 0 Å². The maximum atomic E-state index is 9.61. The molecule has 3 N–H and O–H groups in total. The van der Waals surface area contributed by atoms with Crippen molar-refractivity contribution in [3.63, 3.8) is 0 Å². The summed E-state index contributed by atoms with van der Waals surface area (Å²) < 4.78 is 0. The quantitative estimate of drug-likeness (QED) is 0.568. The van der Waals surface area contributed by atoms with Crippen molar-refractivity contribution in [1.29, 1.82) is 0 Å². The molecule has 1 aliphatic heterocycles. The van der Waals surface area contributed by atoms with E-state index in [1.807, 2.05) is 0 Å². The smallest absolute Gasteiger partial charge is 0.0662 e. The lowest BCUT2D eigenvalue weighted by molar-refractivity contribution is 0.139. The molecule has 0 bridgehead atoms. The summed E-state index contributed by atoms with van der Waals surface area (Å²) >= 11 is 0. The molecular formula is C11H22N2O. The average molecular weight is 198 g/mol. The summed E-state index contributed by atoms with van der Waals surface area (Å²) in [6, 6.07) is 0.664. The van der Waals surface area contributed by atoms with Gasteiger partial charge in [-0.15, -0.1) is 0 Å². The Hall–Kier alpha value is -0.120. The van der Waals surface area contributed by atoms with Crippen molar-refractivity contribution in [2.45, 2.75) is 50.2 Å². The zero-order valence-electron chi connectivity index (χ0n) is 8.89. The van der Waals surface area contributed by atoms with Crippen LogP contribution in [-0.4, -0.2) is 36.4 Å². The topological polar surface area (TPSA) is 44.3 Å². The van der Waals surface area contributed by atoms with Gasteiger partial charge in [-0.05, 0) is 45.2 Å². The van der Waals surface area contributed by atoms with Crippen LogP contribution >= 0.6 is 0 Å². The third-order valence-electron chi connectivity index (χ3n) is 3.40. The molecule has 2 rings (SSSR count). The van der Waals surface area contributed by atoms with Crippen molar-refractivity contribution in [2.24, 2.45) is 0 Å². The van der Waals surface area contributed by atoms with Crippen molar-refractivity contribution in [2.75, 3.05) is 19.6 Å². The molecule has 1 aliphatic carbocycles. The van der Waals surface area contributed by atoms with Crippen molar-refractivity contribution in [1.82, 2.24) is 10.6 Å². The van der Waals surface area contributed by atoms with Gasteiger partial charge in [-0.25, -0.2) is 0 Å². The van der Waals surface area contributed by atoms with E-state index in [4.69, 9.17) is 0 Å². The van der Waals surface area contributed by atoms with Crippen LogP contribution in [0.3, 0.4) is 0 Å². The van der Waals surface area contributed by atoms with Gasteiger partial charge in [-0.1, -0.05) is 6.42 Å². The lowest BCUT2D eigenvalue weighted by Crippen LogP contribution is -2.42. The summed E-state index contributed by atoms with van der Waals surface area (Å²) in [5.74, 6) is 0. The normalized spacial score (nSPS) is 30.2. The number of hydrogen-bond donors (Lipinski definition) is 3. The molecule has 82 valence electrons. The van der Waals surface area contributed by atoms with Crippen molar-refractivity contribution >= 4 is 0 Å². The fraction of sp³-hybridized carbons (Fsp3) is 1.00. The Morgan fingerprint density at radius 2 is 2.21 bits per heavy atom. The van der Waals surface area contributed by atoms with E-state index in [2.05, 4.69) is 10.6 Å². The van der Waals surface area contributed by atoms with Gasteiger partial charge in [-0.2, -0.15) is 0 Å². The SMILES string of the molecule is OC1(CCNCC2CCCCN2)CC1. The molecule has 1 heterocycles. The third-order valence-corrected chi connectivity index (χ3v) is 3.40. The molecule has 1 atom stereocenters. The largest absolute Gasteiger partial charge is 0.390 e. The van der Waals surface area contributed by atoms with Crippen LogP contribution in [0.1, 0.15) is 38.5 Å². The first kappa shape index (κ1) is 10.4. The second-order valence-electron chi connectivity index (χ2n) is 4.83. The van der Waals surface area contributed by atoms with Gasteiger partial charge in [0.1, 0.15) is 0 Å². The minimum atomic E-state index is -0.285. The number of nitrogens with one attached hydrogen (secondary N) is 2.